The molecule has 0 radical (unpaired) electrons. The Morgan fingerprint density at radius 3 is 2.38 bits per heavy atom. The van der Waals surface area contributed by atoms with Gasteiger partial charge in [-0.3, -0.25) is 0 Å². The van der Waals surface area contributed by atoms with Crippen molar-refractivity contribution in [2.24, 2.45) is 5.41 Å². The van der Waals surface area contributed by atoms with E-state index < -0.39 is 0 Å². The van der Waals surface area contributed by atoms with E-state index in [2.05, 4.69) is 26.1 Å². The van der Waals surface area contributed by atoms with Crippen LogP contribution >= 0.6 is 0 Å². The van der Waals surface area contributed by atoms with Crippen molar-refractivity contribution in [2.75, 3.05) is 13.2 Å². The highest BCUT2D eigenvalue weighted by atomic mass is 16.5. The van der Waals surface area contributed by atoms with Crippen LogP contribution in [0.25, 0.3) is 0 Å². The Labute approximate surface area is 129 Å². The summed E-state index contributed by atoms with van der Waals surface area (Å²) < 4.78 is 11.7. The molecule has 118 valence electrons. The van der Waals surface area contributed by atoms with E-state index in [0.717, 1.165) is 30.9 Å². The summed E-state index contributed by atoms with van der Waals surface area (Å²) in [6, 6.07) is 8.55. The first-order valence-electron chi connectivity index (χ1n) is 8.26. The highest BCUT2D eigenvalue weighted by Gasteiger charge is 2.51. The van der Waals surface area contributed by atoms with Crippen LogP contribution in [-0.2, 0) is 0 Å². The van der Waals surface area contributed by atoms with Gasteiger partial charge < -0.3 is 14.8 Å². The first-order chi connectivity index (χ1) is 10.1. The quantitative estimate of drug-likeness (QED) is 0.784. The second-order valence-corrected chi connectivity index (χ2v) is 6.11. The van der Waals surface area contributed by atoms with Crippen LogP contribution in [-0.4, -0.2) is 25.3 Å². The van der Waals surface area contributed by atoms with Gasteiger partial charge in [0.15, 0.2) is 0 Å². The zero-order valence-electron chi connectivity index (χ0n) is 13.8. The highest BCUT2D eigenvalue weighted by Crippen LogP contribution is 2.46. The third kappa shape index (κ3) is 3.52. The normalized spacial score (nSPS) is 28.0. The Kier molecular flexibility index (Phi) is 5.51. The summed E-state index contributed by atoms with van der Waals surface area (Å²) in [5, 5.41) is 3.65. The lowest BCUT2D eigenvalue weighted by Gasteiger charge is -2.53. The van der Waals surface area contributed by atoms with Gasteiger partial charge in [-0.2, -0.15) is 0 Å². The lowest BCUT2D eigenvalue weighted by atomic mass is 9.61. The molecule has 3 unspecified atom stereocenters. The molecule has 3 atom stereocenters. The Bertz CT molecular complexity index is 431. The maximum Gasteiger partial charge on any atom is 0.120 e. The van der Waals surface area contributed by atoms with Gasteiger partial charge in [-0.25, -0.2) is 0 Å². The van der Waals surface area contributed by atoms with Crippen molar-refractivity contribution < 1.29 is 9.47 Å². The molecular formula is C18H29NO2. The van der Waals surface area contributed by atoms with Crippen LogP contribution in [0.4, 0.5) is 0 Å². The van der Waals surface area contributed by atoms with Gasteiger partial charge >= 0.3 is 0 Å². The molecular weight excluding hydrogens is 262 g/mol. The van der Waals surface area contributed by atoms with Crippen LogP contribution in [0, 0.1) is 5.41 Å². The molecule has 0 saturated heterocycles. The predicted molar refractivity (Wildman–Crippen MR) is 87.1 cm³/mol. The molecule has 1 aromatic carbocycles. The molecule has 0 spiro atoms. The average Bonchev–Trinajstić information content (AvgIpc) is 2.51. The maximum atomic E-state index is 6.20. The van der Waals surface area contributed by atoms with E-state index in [-0.39, 0.29) is 5.41 Å². The van der Waals surface area contributed by atoms with E-state index in [0.29, 0.717) is 18.8 Å². The van der Waals surface area contributed by atoms with E-state index in [4.69, 9.17) is 9.47 Å². The lowest BCUT2D eigenvalue weighted by molar-refractivity contribution is -0.0701. The molecule has 1 aliphatic carbocycles. The Morgan fingerprint density at radius 2 is 1.81 bits per heavy atom. The number of ether oxygens (including phenoxy) is 2. The standard InChI is InChI=1S/C18H29NO2/c1-5-12-19-16-13-17(18(16,4)6-2)21-15-10-8-14(9-11-15)20-7-3/h8-11,16-17,19H,5-7,12-13H2,1-4H3. The Morgan fingerprint density at radius 1 is 1.14 bits per heavy atom. The molecule has 0 aliphatic heterocycles. The second kappa shape index (κ2) is 7.17. The van der Waals surface area contributed by atoms with Gasteiger partial charge in [0, 0.05) is 17.9 Å². The number of nitrogens with one attached hydrogen (secondary N) is 1. The topological polar surface area (TPSA) is 30.5 Å². The van der Waals surface area contributed by atoms with Crippen LogP contribution in [0.15, 0.2) is 24.3 Å². The number of hydrogen-bond acceptors (Lipinski definition) is 3. The molecule has 21 heavy (non-hydrogen) atoms. The fourth-order valence-electron chi connectivity index (χ4n) is 3.05. The van der Waals surface area contributed by atoms with E-state index in [9.17, 15) is 0 Å². The van der Waals surface area contributed by atoms with Crippen molar-refractivity contribution in [1.29, 1.82) is 0 Å². The summed E-state index contributed by atoms with van der Waals surface area (Å²) in [4.78, 5) is 0. The smallest absolute Gasteiger partial charge is 0.120 e. The first kappa shape index (κ1) is 16.2. The molecule has 0 aromatic heterocycles. The van der Waals surface area contributed by atoms with Crippen molar-refractivity contribution >= 4 is 0 Å². The van der Waals surface area contributed by atoms with Crippen molar-refractivity contribution in [3.8, 4) is 11.5 Å². The van der Waals surface area contributed by atoms with E-state index in [1.165, 1.54) is 6.42 Å². The van der Waals surface area contributed by atoms with Crippen LogP contribution in [0.1, 0.15) is 47.0 Å². The van der Waals surface area contributed by atoms with Gasteiger partial charge in [0.1, 0.15) is 17.6 Å². The van der Waals surface area contributed by atoms with Crippen molar-refractivity contribution in [2.45, 2.75) is 59.1 Å². The van der Waals surface area contributed by atoms with Crippen molar-refractivity contribution in [1.82, 2.24) is 5.32 Å². The number of benzene rings is 1. The molecule has 1 N–H and O–H groups in total. The van der Waals surface area contributed by atoms with Crippen LogP contribution in [0.2, 0.25) is 0 Å². The van der Waals surface area contributed by atoms with Crippen molar-refractivity contribution in [3.05, 3.63) is 24.3 Å². The molecule has 3 heteroatoms. The van der Waals surface area contributed by atoms with E-state index in [1.807, 2.05) is 31.2 Å². The Hall–Kier alpha value is -1.22. The maximum absolute atomic E-state index is 6.20. The molecule has 1 fully saturated rings. The fraction of sp³-hybridized carbons (Fsp3) is 0.667. The van der Waals surface area contributed by atoms with Crippen molar-refractivity contribution in [3.63, 3.8) is 0 Å². The molecule has 0 amide bonds. The molecule has 1 aliphatic rings. The average molecular weight is 291 g/mol. The van der Waals surface area contributed by atoms with Gasteiger partial charge in [0.2, 0.25) is 0 Å². The molecule has 2 rings (SSSR count). The summed E-state index contributed by atoms with van der Waals surface area (Å²) in [6.07, 6.45) is 3.71. The zero-order valence-corrected chi connectivity index (χ0v) is 13.8. The zero-order chi connectivity index (χ0) is 15.3. The summed E-state index contributed by atoms with van der Waals surface area (Å²) in [5.41, 5.74) is 0.230. The number of rotatable bonds is 8. The summed E-state index contributed by atoms with van der Waals surface area (Å²) in [6.45, 7) is 10.6. The minimum Gasteiger partial charge on any atom is -0.494 e. The van der Waals surface area contributed by atoms with Gasteiger partial charge in [-0.15, -0.1) is 0 Å². The van der Waals surface area contributed by atoms with E-state index >= 15 is 0 Å². The lowest BCUT2D eigenvalue weighted by Crippen LogP contribution is -2.63. The molecule has 1 aromatic rings. The van der Waals surface area contributed by atoms with Gasteiger partial charge in [0.25, 0.3) is 0 Å². The SMILES string of the molecule is CCCNC1CC(Oc2ccc(OCC)cc2)C1(C)CC. The fourth-order valence-corrected chi connectivity index (χ4v) is 3.05. The molecule has 0 bridgehead atoms. The second-order valence-electron chi connectivity index (χ2n) is 6.11. The highest BCUT2D eigenvalue weighted by molar-refractivity contribution is 5.31. The largest absolute Gasteiger partial charge is 0.494 e. The third-order valence-corrected chi connectivity index (χ3v) is 4.80. The minimum atomic E-state index is 0.230. The van der Waals surface area contributed by atoms with Crippen LogP contribution in [0.5, 0.6) is 11.5 Å². The first-order valence-corrected chi connectivity index (χ1v) is 8.26. The summed E-state index contributed by atoms with van der Waals surface area (Å²) in [5.74, 6) is 1.84. The minimum absolute atomic E-state index is 0.230. The Balaban J connectivity index is 1.93. The number of hydrogen-bond donors (Lipinski definition) is 1. The van der Waals surface area contributed by atoms with Gasteiger partial charge in [-0.05, 0) is 50.6 Å². The molecule has 1 saturated carbocycles. The van der Waals surface area contributed by atoms with E-state index in [1.54, 1.807) is 0 Å². The van der Waals surface area contributed by atoms with Gasteiger partial charge in [0.05, 0.1) is 6.61 Å². The summed E-state index contributed by atoms with van der Waals surface area (Å²) in [7, 11) is 0. The van der Waals surface area contributed by atoms with Crippen LogP contribution < -0.4 is 14.8 Å². The summed E-state index contributed by atoms with van der Waals surface area (Å²) >= 11 is 0. The molecule has 3 nitrogen and oxygen atoms in total. The molecule has 0 heterocycles. The van der Waals surface area contributed by atoms with Gasteiger partial charge in [-0.1, -0.05) is 20.8 Å². The predicted octanol–water partition coefficient (Wildman–Crippen LogP) is 4.02. The third-order valence-electron chi connectivity index (χ3n) is 4.80. The van der Waals surface area contributed by atoms with Crippen LogP contribution in [0.3, 0.4) is 0 Å². The monoisotopic (exact) mass is 291 g/mol.